The maximum absolute atomic E-state index is 13.4. The van der Waals surface area contributed by atoms with E-state index in [2.05, 4.69) is 21.3 Å². The van der Waals surface area contributed by atoms with E-state index >= 15 is 0 Å². The summed E-state index contributed by atoms with van der Waals surface area (Å²) < 4.78 is 32.8. The lowest BCUT2D eigenvalue weighted by Gasteiger charge is -2.25. The first-order chi connectivity index (χ1) is 31.9. The first-order valence-corrected chi connectivity index (χ1v) is 21.1. The standard InChI is InChI=1S/C46H61N7O14/c1-28(2)40(51-38(54)19-20-39(55)56)43(58)50-33(10-9-21-48-44(47)59)42(57)49-32-16-13-30(14-17-32)27-66-45(60)52(3)22-23-53(4)46(61)67-35-24-29(15-18-34(35)62-5)11-12-31-25-36(63-6)41(65-8)37(26-31)64-7/h11-18,24-26,28,33,40H,9-10,19-23,27H2,1-8H3,(H,49,57)(H,50,58)(H,51,54)(H,55,56)(H3,47,48,59)/b12-11-/t33-,40-/m0/s1. The third-order valence-corrected chi connectivity index (χ3v) is 9.95. The summed E-state index contributed by atoms with van der Waals surface area (Å²) in [5.41, 5.74) is 7.58. The van der Waals surface area contributed by atoms with Crippen molar-refractivity contribution in [2.24, 2.45) is 11.7 Å². The van der Waals surface area contributed by atoms with Crippen LogP contribution in [0, 0.1) is 5.92 Å². The lowest BCUT2D eigenvalue weighted by Crippen LogP contribution is -2.54. The molecule has 0 bridgehead atoms. The van der Waals surface area contributed by atoms with Crippen LogP contribution in [-0.2, 0) is 30.5 Å². The summed E-state index contributed by atoms with van der Waals surface area (Å²) in [6.45, 7) is 3.60. The summed E-state index contributed by atoms with van der Waals surface area (Å²) in [4.78, 5) is 89.7. The molecule has 0 unspecified atom stereocenters. The number of rotatable bonds is 25. The monoisotopic (exact) mass is 935 g/mol. The zero-order valence-corrected chi connectivity index (χ0v) is 39.0. The van der Waals surface area contributed by atoms with Gasteiger partial charge < -0.3 is 70.3 Å². The number of ether oxygens (including phenoxy) is 6. The maximum atomic E-state index is 13.4. The number of likely N-dealkylation sites (N-methyl/N-ethyl adjacent to an activating group) is 2. The molecule has 0 aliphatic heterocycles. The molecule has 7 N–H and O–H groups in total. The number of amides is 7. The van der Waals surface area contributed by atoms with Gasteiger partial charge in [0.15, 0.2) is 23.0 Å². The number of nitrogens with two attached hydrogens (primary N) is 1. The third-order valence-electron chi connectivity index (χ3n) is 9.95. The molecular weight excluding hydrogens is 875 g/mol. The number of nitrogens with zero attached hydrogens (tertiary/aromatic N) is 2. The Balaban J connectivity index is 1.55. The van der Waals surface area contributed by atoms with E-state index in [1.807, 2.05) is 12.2 Å². The van der Waals surface area contributed by atoms with E-state index in [-0.39, 0.29) is 51.3 Å². The number of carboxylic acids is 1. The molecule has 0 fully saturated rings. The number of primary amides is 1. The van der Waals surface area contributed by atoms with Crippen molar-refractivity contribution in [3.63, 3.8) is 0 Å². The van der Waals surface area contributed by atoms with Crippen molar-refractivity contribution >= 4 is 59.7 Å². The fraction of sp³-hybridized carbons (Fsp3) is 0.413. The van der Waals surface area contributed by atoms with Crippen LogP contribution in [0.3, 0.4) is 0 Å². The minimum Gasteiger partial charge on any atom is -0.493 e. The number of carbonyl (C=O) groups excluding carboxylic acids is 6. The molecule has 2 atom stereocenters. The van der Waals surface area contributed by atoms with E-state index in [9.17, 15) is 33.6 Å². The van der Waals surface area contributed by atoms with Crippen LogP contribution < -0.4 is 50.7 Å². The van der Waals surface area contributed by atoms with E-state index in [4.69, 9.17) is 39.3 Å². The lowest BCUT2D eigenvalue weighted by molar-refractivity contribution is -0.139. The van der Waals surface area contributed by atoms with Gasteiger partial charge in [0.1, 0.15) is 18.7 Å². The van der Waals surface area contributed by atoms with Crippen LogP contribution in [0.4, 0.5) is 20.1 Å². The summed E-state index contributed by atoms with van der Waals surface area (Å²) >= 11 is 0. The minimum atomic E-state index is -1.16. The first-order valence-electron chi connectivity index (χ1n) is 21.1. The second kappa shape index (κ2) is 26.9. The van der Waals surface area contributed by atoms with E-state index in [0.717, 1.165) is 5.56 Å². The van der Waals surface area contributed by atoms with Crippen LogP contribution in [0.5, 0.6) is 28.7 Å². The molecular formula is C46H61N7O14. The van der Waals surface area contributed by atoms with Crippen LogP contribution in [0.15, 0.2) is 54.6 Å². The van der Waals surface area contributed by atoms with E-state index < -0.39 is 66.3 Å². The number of hydrogen-bond acceptors (Lipinski definition) is 13. The quantitative estimate of drug-likeness (QED) is 0.0506. The van der Waals surface area contributed by atoms with Crippen molar-refractivity contribution in [3.8, 4) is 28.7 Å². The number of urea groups is 1. The summed E-state index contributed by atoms with van der Waals surface area (Å²) in [6, 6.07) is 12.2. The minimum absolute atomic E-state index is 0.0922. The molecule has 3 aromatic rings. The van der Waals surface area contributed by atoms with Gasteiger partial charge in [-0.05, 0) is 71.8 Å². The van der Waals surface area contributed by atoms with Gasteiger partial charge in [-0.3, -0.25) is 19.2 Å². The summed E-state index contributed by atoms with van der Waals surface area (Å²) in [6.07, 6.45) is 1.92. The van der Waals surface area contributed by atoms with E-state index in [1.54, 1.807) is 68.4 Å². The number of methoxy groups -OCH3 is 4. The number of aliphatic carboxylic acids is 1. The van der Waals surface area contributed by atoms with Gasteiger partial charge in [-0.25, -0.2) is 14.4 Å². The smallest absolute Gasteiger partial charge is 0.415 e. The fourth-order valence-corrected chi connectivity index (χ4v) is 6.14. The molecule has 0 spiro atoms. The summed E-state index contributed by atoms with van der Waals surface area (Å²) in [7, 11) is 9.08. The average Bonchev–Trinajstić information content (AvgIpc) is 3.30. The van der Waals surface area contributed by atoms with Crippen LogP contribution in [-0.4, -0.2) is 131 Å². The Morgan fingerprint density at radius 3 is 1.88 bits per heavy atom. The topological polar surface area (TPSA) is 276 Å². The molecule has 0 saturated carbocycles. The highest BCUT2D eigenvalue weighted by molar-refractivity contribution is 5.98. The number of benzene rings is 3. The highest BCUT2D eigenvalue weighted by Crippen LogP contribution is 2.39. The van der Waals surface area contributed by atoms with Gasteiger partial charge in [0.25, 0.3) is 0 Å². The Morgan fingerprint density at radius 2 is 1.31 bits per heavy atom. The first kappa shape index (κ1) is 53.6. The highest BCUT2D eigenvalue weighted by atomic mass is 16.6. The molecule has 3 rings (SSSR count). The van der Waals surface area contributed by atoms with Gasteiger partial charge in [0.2, 0.25) is 23.5 Å². The van der Waals surface area contributed by atoms with Crippen molar-refractivity contribution in [2.45, 2.75) is 58.2 Å². The number of carbonyl (C=O) groups is 7. The Kier molecular flexibility index (Phi) is 21.6. The van der Waals surface area contributed by atoms with Crippen molar-refractivity contribution in [2.75, 3.05) is 67.5 Å². The van der Waals surface area contributed by atoms with Crippen LogP contribution in [0.25, 0.3) is 12.2 Å². The molecule has 0 aliphatic carbocycles. The van der Waals surface area contributed by atoms with E-state index in [0.29, 0.717) is 39.8 Å². The molecule has 21 heteroatoms. The van der Waals surface area contributed by atoms with Gasteiger partial charge >= 0.3 is 24.2 Å². The molecule has 364 valence electrons. The SMILES string of the molecule is COc1ccc(/C=C\c2cc(OC)c(OC)c(OC)c2)cc1OC(=O)N(C)CCN(C)C(=O)OCc1ccc(NC(=O)[C@H](CCCNC(N)=O)NC(=O)[C@@H](NC(=O)CCC(=O)O)C(C)C)cc1. The molecule has 0 aliphatic rings. The number of carboxylic acid groups (broad SMARTS) is 1. The molecule has 0 radical (unpaired) electrons. The van der Waals surface area contributed by atoms with Crippen molar-refractivity contribution in [1.29, 1.82) is 0 Å². The van der Waals surface area contributed by atoms with E-state index in [1.165, 1.54) is 52.3 Å². The van der Waals surface area contributed by atoms with Gasteiger partial charge in [0.05, 0.1) is 34.9 Å². The highest BCUT2D eigenvalue weighted by Gasteiger charge is 2.29. The number of nitrogens with one attached hydrogen (secondary N) is 4. The number of hydrogen-bond donors (Lipinski definition) is 6. The lowest BCUT2D eigenvalue weighted by atomic mass is 10.0. The molecule has 0 heterocycles. The zero-order chi connectivity index (χ0) is 49.6. The van der Waals surface area contributed by atoms with Gasteiger partial charge in [-0.1, -0.05) is 44.2 Å². The van der Waals surface area contributed by atoms with Crippen LogP contribution in [0.2, 0.25) is 0 Å². The molecule has 67 heavy (non-hydrogen) atoms. The molecule has 7 amide bonds. The van der Waals surface area contributed by atoms with Crippen molar-refractivity contribution in [3.05, 3.63) is 71.3 Å². The molecule has 0 aromatic heterocycles. The van der Waals surface area contributed by atoms with Crippen LogP contribution in [0.1, 0.15) is 56.2 Å². The molecule has 3 aromatic carbocycles. The van der Waals surface area contributed by atoms with Gasteiger partial charge in [0, 0.05) is 45.8 Å². The molecule has 21 nitrogen and oxygen atoms in total. The van der Waals surface area contributed by atoms with Crippen LogP contribution >= 0.6 is 0 Å². The average molecular weight is 936 g/mol. The second-order valence-corrected chi connectivity index (χ2v) is 15.3. The Morgan fingerprint density at radius 1 is 0.716 bits per heavy atom. The van der Waals surface area contributed by atoms with Crippen molar-refractivity contribution < 1.29 is 67.1 Å². The second-order valence-electron chi connectivity index (χ2n) is 15.3. The Labute approximate surface area is 389 Å². The Bertz CT molecular complexity index is 2190. The number of anilines is 1. The third kappa shape index (κ3) is 17.7. The van der Waals surface area contributed by atoms with Crippen molar-refractivity contribution in [1.82, 2.24) is 25.8 Å². The predicted molar refractivity (Wildman–Crippen MR) is 247 cm³/mol. The predicted octanol–water partition coefficient (Wildman–Crippen LogP) is 4.47. The Hall–Kier alpha value is -7.71. The van der Waals surface area contributed by atoms with Gasteiger partial charge in [-0.2, -0.15) is 0 Å². The molecule has 0 saturated heterocycles. The maximum Gasteiger partial charge on any atom is 0.415 e. The summed E-state index contributed by atoms with van der Waals surface area (Å²) in [5, 5.41) is 19.3. The van der Waals surface area contributed by atoms with Gasteiger partial charge in [-0.15, -0.1) is 0 Å². The normalized spacial score (nSPS) is 11.7. The summed E-state index contributed by atoms with van der Waals surface area (Å²) in [5.74, 6) is -1.48. The largest absolute Gasteiger partial charge is 0.493 e. The fourth-order valence-electron chi connectivity index (χ4n) is 6.14. The zero-order valence-electron chi connectivity index (χ0n) is 39.0.